The molecule has 0 radical (unpaired) electrons. The van der Waals surface area contributed by atoms with Crippen LogP contribution in [0.4, 0.5) is 17.3 Å². The number of amides is 1. The third kappa shape index (κ3) is 11.0. The Morgan fingerprint density at radius 3 is 2.62 bits per heavy atom. The van der Waals surface area contributed by atoms with Crippen molar-refractivity contribution in [2.24, 2.45) is 0 Å². The third-order valence-electron chi connectivity index (χ3n) is 6.74. The molecular formula is C29H34ClN5O10P2. The number of rotatable bonds is 15. The Kier molecular flexibility index (Phi) is 13.2. The molecule has 1 atom stereocenters. The summed E-state index contributed by atoms with van der Waals surface area (Å²) in [5, 5.41) is 4.00. The molecule has 1 aliphatic heterocycles. The van der Waals surface area contributed by atoms with E-state index in [1.165, 1.54) is 24.4 Å². The Morgan fingerprint density at radius 2 is 1.91 bits per heavy atom. The summed E-state index contributed by atoms with van der Waals surface area (Å²) in [6, 6.07) is 11.4. The van der Waals surface area contributed by atoms with E-state index in [4.69, 9.17) is 25.8 Å². The molecule has 1 unspecified atom stereocenters. The lowest BCUT2D eigenvalue weighted by Crippen LogP contribution is -2.37. The van der Waals surface area contributed by atoms with Gasteiger partial charge >= 0.3 is 13.6 Å². The first-order chi connectivity index (χ1) is 22.4. The molecule has 2 aromatic carbocycles. The van der Waals surface area contributed by atoms with Crippen molar-refractivity contribution in [1.29, 1.82) is 0 Å². The first kappa shape index (κ1) is 36.3. The smallest absolute Gasteiger partial charge is 0.338 e. The highest BCUT2D eigenvalue weighted by Gasteiger charge is 2.38. The summed E-state index contributed by atoms with van der Waals surface area (Å²) in [5.41, 5.74) is 1.95. The number of benzene rings is 2. The van der Waals surface area contributed by atoms with Gasteiger partial charge in [0.1, 0.15) is 5.40 Å². The van der Waals surface area contributed by atoms with E-state index in [1.54, 1.807) is 24.3 Å². The van der Waals surface area contributed by atoms with Crippen LogP contribution >= 0.6 is 27.6 Å². The molecule has 4 rings (SSSR count). The number of esters is 1. The van der Waals surface area contributed by atoms with Gasteiger partial charge in [0.05, 0.1) is 43.2 Å². The van der Waals surface area contributed by atoms with E-state index in [2.05, 4.69) is 32.1 Å². The second kappa shape index (κ2) is 17.1. The van der Waals surface area contributed by atoms with Crippen molar-refractivity contribution >= 4 is 56.8 Å². The Morgan fingerprint density at radius 1 is 1.15 bits per heavy atom. The van der Waals surface area contributed by atoms with Crippen molar-refractivity contribution < 1.29 is 47.9 Å². The number of carbonyl (C=O) groups excluding carboxylic acids is 2. The molecule has 6 N–H and O–H groups in total. The fourth-order valence-corrected chi connectivity index (χ4v) is 6.40. The SMILES string of the molecule is C=CC(=O)Nc1cccc(-c2nc(Nc3ccc(OC(=O)CC(P(O)O)P(=O)(O)O)c(OCCCN4CCOCC4)c3)ncc2Cl)c1. The van der Waals surface area contributed by atoms with Crippen molar-refractivity contribution in [1.82, 2.24) is 14.9 Å². The highest BCUT2D eigenvalue weighted by Crippen LogP contribution is 2.56. The zero-order valence-corrected chi connectivity index (χ0v) is 27.5. The zero-order valence-electron chi connectivity index (χ0n) is 25.0. The monoisotopic (exact) mass is 709 g/mol. The number of nitrogens with one attached hydrogen (secondary N) is 2. The normalized spacial score (nSPS) is 14.3. The maximum atomic E-state index is 12.6. The van der Waals surface area contributed by atoms with Gasteiger partial charge in [-0.25, -0.2) is 9.97 Å². The van der Waals surface area contributed by atoms with Crippen LogP contribution in [0.15, 0.2) is 61.3 Å². The lowest BCUT2D eigenvalue weighted by Gasteiger charge is -2.26. The molecule has 3 aromatic rings. The van der Waals surface area contributed by atoms with E-state index >= 15 is 0 Å². The molecular weight excluding hydrogens is 676 g/mol. The number of halogens is 1. The Balaban J connectivity index is 1.53. The Bertz CT molecular complexity index is 1620. The van der Waals surface area contributed by atoms with Crippen LogP contribution < -0.4 is 20.1 Å². The maximum Gasteiger partial charge on any atom is 0.338 e. The largest absolute Gasteiger partial charge is 0.490 e. The van der Waals surface area contributed by atoms with Crippen molar-refractivity contribution in [3.8, 4) is 22.8 Å². The molecule has 18 heteroatoms. The lowest BCUT2D eigenvalue weighted by atomic mass is 10.1. The van der Waals surface area contributed by atoms with Crippen molar-refractivity contribution in [3.05, 3.63) is 66.3 Å². The average molecular weight is 710 g/mol. The zero-order chi connectivity index (χ0) is 34.0. The van der Waals surface area contributed by atoms with Crippen LogP contribution in [0.25, 0.3) is 11.3 Å². The lowest BCUT2D eigenvalue weighted by molar-refractivity contribution is -0.134. The van der Waals surface area contributed by atoms with Crippen molar-refractivity contribution in [2.45, 2.75) is 18.2 Å². The van der Waals surface area contributed by atoms with Gasteiger partial charge < -0.3 is 44.4 Å². The second-order valence-corrected chi connectivity index (χ2v) is 14.1. The molecule has 0 spiro atoms. The van der Waals surface area contributed by atoms with Gasteiger partial charge in [0, 0.05) is 42.6 Å². The highest BCUT2D eigenvalue weighted by molar-refractivity contribution is 7.68. The Labute approximate surface area is 276 Å². The predicted octanol–water partition coefficient (Wildman–Crippen LogP) is 3.86. The molecule has 1 aliphatic rings. The van der Waals surface area contributed by atoms with E-state index in [9.17, 15) is 33.7 Å². The Hall–Kier alpha value is -3.49. The van der Waals surface area contributed by atoms with Crippen LogP contribution in [0.2, 0.25) is 5.02 Å². The van der Waals surface area contributed by atoms with Crippen LogP contribution in [0.1, 0.15) is 12.8 Å². The van der Waals surface area contributed by atoms with Crippen LogP contribution in [0.5, 0.6) is 11.5 Å². The van der Waals surface area contributed by atoms with E-state index in [0.29, 0.717) is 42.3 Å². The van der Waals surface area contributed by atoms with Gasteiger partial charge in [-0.05, 0) is 36.8 Å². The first-order valence-corrected chi connectivity index (χ1v) is 17.6. The predicted molar refractivity (Wildman–Crippen MR) is 176 cm³/mol. The van der Waals surface area contributed by atoms with Gasteiger partial charge in [-0.1, -0.05) is 30.3 Å². The second-order valence-electron chi connectivity index (χ2n) is 10.2. The standard InChI is InChI=1S/C29H34ClN5O10P2/c1-2-25(36)32-20-6-3-5-19(15-20)28-22(30)18-31-29(34-28)33-21-7-8-23(45-26(37)17-27(46(38)39)47(40,41)42)24(16-21)44-12-4-9-35-10-13-43-14-11-35/h2-3,5-8,15-16,18,27,38-39H,1,4,9-14,17H2,(H,32,36)(H,31,33,34)(H2,40,41,42). The number of aromatic nitrogens is 2. The third-order valence-corrected chi connectivity index (χ3v) is 10.2. The van der Waals surface area contributed by atoms with Gasteiger partial charge in [0.15, 0.2) is 19.9 Å². The van der Waals surface area contributed by atoms with Gasteiger partial charge in [0.2, 0.25) is 11.9 Å². The molecule has 1 fully saturated rings. The van der Waals surface area contributed by atoms with Crippen LogP contribution in [0.3, 0.4) is 0 Å². The summed E-state index contributed by atoms with van der Waals surface area (Å²) >= 11 is 6.41. The number of nitrogens with zero attached hydrogens (tertiary/aromatic N) is 3. The first-order valence-electron chi connectivity index (χ1n) is 14.3. The summed E-state index contributed by atoms with van der Waals surface area (Å²) in [6.07, 6.45) is 2.27. The van der Waals surface area contributed by atoms with Gasteiger partial charge in [-0.15, -0.1) is 0 Å². The molecule has 0 saturated carbocycles. The number of hydrogen-bond donors (Lipinski definition) is 6. The van der Waals surface area contributed by atoms with Crippen LogP contribution in [-0.4, -0.2) is 91.2 Å². The number of anilines is 3. The summed E-state index contributed by atoms with van der Waals surface area (Å²) in [7, 11) is -8.11. The number of ether oxygens (including phenoxy) is 3. The molecule has 1 amide bonds. The van der Waals surface area contributed by atoms with Crippen molar-refractivity contribution in [2.75, 3.05) is 50.1 Å². The molecule has 15 nitrogen and oxygen atoms in total. The van der Waals surface area contributed by atoms with Gasteiger partial charge in [-0.3, -0.25) is 19.1 Å². The maximum absolute atomic E-state index is 12.6. The summed E-state index contributed by atoms with van der Waals surface area (Å²) < 4.78 is 28.3. The number of carbonyl (C=O) groups is 2. The van der Waals surface area contributed by atoms with Crippen LogP contribution in [0, 0.1) is 0 Å². The molecule has 1 aromatic heterocycles. The molecule has 2 heterocycles. The minimum absolute atomic E-state index is 0.0484. The fraction of sp³-hybridized carbons (Fsp3) is 0.310. The fourth-order valence-electron chi connectivity index (χ4n) is 4.42. The van der Waals surface area contributed by atoms with E-state index in [0.717, 1.165) is 25.7 Å². The van der Waals surface area contributed by atoms with E-state index in [1.807, 2.05) is 0 Å². The van der Waals surface area contributed by atoms with Gasteiger partial charge in [0.25, 0.3) is 0 Å². The van der Waals surface area contributed by atoms with Crippen molar-refractivity contribution in [3.63, 3.8) is 0 Å². The number of morpholine rings is 1. The molecule has 0 bridgehead atoms. The average Bonchev–Trinajstić information content (AvgIpc) is 3.03. The minimum Gasteiger partial charge on any atom is -0.490 e. The quantitative estimate of drug-likeness (QED) is 0.0435. The topological polar surface area (TPSA) is 213 Å². The summed E-state index contributed by atoms with van der Waals surface area (Å²) in [6.45, 7) is 7.35. The highest BCUT2D eigenvalue weighted by atomic mass is 35.5. The molecule has 252 valence electrons. The summed E-state index contributed by atoms with van der Waals surface area (Å²) in [4.78, 5) is 73.1. The molecule has 1 saturated heterocycles. The van der Waals surface area contributed by atoms with E-state index < -0.39 is 33.8 Å². The molecule has 47 heavy (non-hydrogen) atoms. The molecule has 0 aliphatic carbocycles. The van der Waals surface area contributed by atoms with Gasteiger partial charge in [-0.2, -0.15) is 0 Å². The number of hydrogen-bond acceptors (Lipinski definition) is 12. The summed E-state index contributed by atoms with van der Waals surface area (Å²) in [5.74, 6) is -1.22. The van der Waals surface area contributed by atoms with Crippen LogP contribution in [-0.2, 0) is 18.9 Å². The van der Waals surface area contributed by atoms with E-state index in [-0.39, 0.29) is 35.0 Å². The minimum atomic E-state index is -5.00.